The van der Waals surface area contributed by atoms with Crippen molar-refractivity contribution in [1.29, 1.82) is 5.26 Å². The van der Waals surface area contributed by atoms with E-state index in [-0.39, 0.29) is 17.4 Å². The van der Waals surface area contributed by atoms with Crippen molar-refractivity contribution in [2.75, 3.05) is 11.9 Å². The smallest absolute Gasteiger partial charge is 0.356 e. The van der Waals surface area contributed by atoms with Crippen LogP contribution in [0.4, 0.5) is 19.0 Å². The Morgan fingerprint density at radius 2 is 1.95 bits per heavy atom. The molecule has 19 heavy (non-hydrogen) atoms. The van der Waals surface area contributed by atoms with Gasteiger partial charge in [0.1, 0.15) is 17.6 Å². The highest BCUT2D eigenvalue weighted by molar-refractivity contribution is 5.54. The summed E-state index contributed by atoms with van der Waals surface area (Å²) in [6.45, 7) is 0. The molecule has 0 radical (unpaired) electrons. The molecule has 1 aromatic heterocycles. The minimum absolute atomic E-state index is 0.129. The van der Waals surface area contributed by atoms with E-state index in [0.29, 0.717) is 0 Å². The van der Waals surface area contributed by atoms with Crippen LogP contribution in [0, 0.1) is 11.3 Å². The molecule has 0 unspecified atom stereocenters. The summed E-state index contributed by atoms with van der Waals surface area (Å²) in [5, 5.41) is 9.01. The number of rotatable bonds is 2. The Bertz CT molecular complexity index is 499. The van der Waals surface area contributed by atoms with Crippen molar-refractivity contribution in [3.8, 4) is 6.07 Å². The van der Waals surface area contributed by atoms with Crippen molar-refractivity contribution in [2.24, 2.45) is 0 Å². The number of aromatic nitrogens is 1. The van der Waals surface area contributed by atoms with Gasteiger partial charge in [0.15, 0.2) is 0 Å². The van der Waals surface area contributed by atoms with Gasteiger partial charge in [0.05, 0.1) is 5.56 Å². The number of nitriles is 1. The summed E-state index contributed by atoms with van der Waals surface area (Å²) in [6.07, 6.45) is -0.496. The zero-order valence-electron chi connectivity index (χ0n) is 10.5. The largest absolute Gasteiger partial charge is 0.433 e. The molecule has 1 aliphatic rings. The third-order valence-corrected chi connectivity index (χ3v) is 3.49. The molecule has 102 valence electrons. The molecule has 0 saturated heterocycles. The lowest BCUT2D eigenvalue weighted by atomic mass is 10.1. The molecule has 1 heterocycles. The van der Waals surface area contributed by atoms with Crippen LogP contribution in [0.2, 0.25) is 0 Å². The van der Waals surface area contributed by atoms with E-state index in [2.05, 4.69) is 4.98 Å². The molecular weight excluding hydrogens is 255 g/mol. The second kappa shape index (κ2) is 5.08. The summed E-state index contributed by atoms with van der Waals surface area (Å²) in [5.41, 5.74) is -0.770. The Kier molecular flexibility index (Phi) is 3.65. The average Bonchev–Trinajstić information content (AvgIpc) is 2.90. The number of hydrogen-bond donors (Lipinski definition) is 0. The summed E-state index contributed by atoms with van der Waals surface area (Å²) in [4.78, 5) is 5.35. The average molecular weight is 269 g/mol. The fourth-order valence-electron chi connectivity index (χ4n) is 2.43. The number of hydrogen-bond acceptors (Lipinski definition) is 3. The first-order valence-electron chi connectivity index (χ1n) is 6.14. The van der Waals surface area contributed by atoms with Crippen LogP contribution >= 0.6 is 0 Å². The predicted molar refractivity (Wildman–Crippen MR) is 64.6 cm³/mol. The predicted octanol–water partition coefficient (Wildman–Crippen LogP) is 3.35. The maximum absolute atomic E-state index is 12.7. The molecule has 0 spiro atoms. The maximum Gasteiger partial charge on any atom is 0.433 e. The van der Waals surface area contributed by atoms with Crippen LogP contribution in [-0.2, 0) is 6.18 Å². The second-order valence-electron chi connectivity index (χ2n) is 4.73. The van der Waals surface area contributed by atoms with Gasteiger partial charge < -0.3 is 4.90 Å². The molecule has 0 atom stereocenters. The number of pyridine rings is 1. The van der Waals surface area contributed by atoms with Gasteiger partial charge in [-0.05, 0) is 25.0 Å². The van der Waals surface area contributed by atoms with Gasteiger partial charge in [-0.15, -0.1) is 0 Å². The molecule has 0 aliphatic heterocycles. The third kappa shape index (κ3) is 2.80. The standard InChI is InChI=1S/C13H14F3N3/c1-19(10-4-2-3-5-10)12-9(8-17)6-7-11(18-12)13(14,15)16/h6-7,10H,2-5H2,1H3. The van der Waals surface area contributed by atoms with E-state index < -0.39 is 11.9 Å². The Morgan fingerprint density at radius 3 is 2.47 bits per heavy atom. The van der Waals surface area contributed by atoms with E-state index in [1.165, 1.54) is 6.07 Å². The van der Waals surface area contributed by atoms with E-state index in [9.17, 15) is 13.2 Å². The molecule has 2 rings (SSSR count). The molecule has 0 amide bonds. The van der Waals surface area contributed by atoms with Gasteiger partial charge in [0.25, 0.3) is 0 Å². The number of alkyl halides is 3. The third-order valence-electron chi connectivity index (χ3n) is 3.49. The maximum atomic E-state index is 12.7. The first kappa shape index (κ1) is 13.7. The number of halogens is 3. The lowest BCUT2D eigenvalue weighted by molar-refractivity contribution is -0.141. The molecule has 0 aromatic carbocycles. The molecule has 1 saturated carbocycles. The van der Waals surface area contributed by atoms with Crippen LogP contribution in [0.5, 0.6) is 0 Å². The normalized spacial score (nSPS) is 16.4. The molecule has 6 heteroatoms. The zero-order chi connectivity index (χ0) is 14.0. The minimum atomic E-state index is -4.49. The minimum Gasteiger partial charge on any atom is -0.356 e. The van der Waals surface area contributed by atoms with E-state index >= 15 is 0 Å². The Labute approximate surface area is 109 Å². The molecular formula is C13H14F3N3. The topological polar surface area (TPSA) is 39.9 Å². The van der Waals surface area contributed by atoms with Crippen LogP contribution in [0.3, 0.4) is 0 Å². The van der Waals surface area contributed by atoms with Gasteiger partial charge in [-0.25, -0.2) is 4.98 Å². The molecule has 1 aliphatic carbocycles. The van der Waals surface area contributed by atoms with Crippen LogP contribution in [0.1, 0.15) is 36.9 Å². The summed E-state index contributed by atoms with van der Waals surface area (Å²) in [6, 6.07) is 4.12. The Morgan fingerprint density at radius 1 is 1.32 bits per heavy atom. The van der Waals surface area contributed by atoms with Crippen molar-refractivity contribution in [3.05, 3.63) is 23.4 Å². The number of nitrogens with zero attached hydrogens (tertiary/aromatic N) is 3. The van der Waals surface area contributed by atoms with Gasteiger partial charge in [0.2, 0.25) is 0 Å². The van der Waals surface area contributed by atoms with E-state index in [0.717, 1.165) is 31.7 Å². The van der Waals surface area contributed by atoms with Gasteiger partial charge in [-0.3, -0.25) is 0 Å². The Balaban J connectivity index is 2.39. The molecule has 0 bridgehead atoms. The fourth-order valence-corrected chi connectivity index (χ4v) is 2.43. The summed E-state index contributed by atoms with van der Waals surface area (Å²) >= 11 is 0. The zero-order valence-corrected chi connectivity index (χ0v) is 10.5. The van der Waals surface area contributed by atoms with Crippen molar-refractivity contribution in [3.63, 3.8) is 0 Å². The molecule has 0 N–H and O–H groups in total. The molecule has 1 fully saturated rings. The van der Waals surface area contributed by atoms with Gasteiger partial charge in [-0.2, -0.15) is 18.4 Å². The fraction of sp³-hybridized carbons (Fsp3) is 0.538. The van der Waals surface area contributed by atoms with Gasteiger partial charge in [0, 0.05) is 13.1 Å². The first-order chi connectivity index (χ1) is 8.93. The summed E-state index contributed by atoms with van der Waals surface area (Å²) in [5.74, 6) is 0.129. The van der Waals surface area contributed by atoms with Crippen LogP contribution in [0.15, 0.2) is 12.1 Å². The highest BCUT2D eigenvalue weighted by atomic mass is 19.4. The van der Waals surface area contributed by atoms with Crippen LogP contribution in [-0.4, -0.2) is 18.1 Å². The van der Waals surface area contributed by atoms with Crippen LogP contribution in [0.25, 0.3) is 0 Å². The van der Waals surface area contributed by atoms with Crippen molar-refractivity contribution >= 4 is 5.82 Å². The second-order valence-corrected chi connectivity index (χ2v) is 4.73. The SMILES string of the molecule is CN(c1nc(C(F)(F)F)ccc1C#N)C1CCCC1. The molecule has 3 nitrogen and oxygen atoms in total. The van der Waals surface area contributed by atoms with E-state index in [4.69, 9.17) is 5.26 Å². The monoisotopic (exact) mass is 269 g/mol. The highest BCUT2D eigenvalue weighted by Gasteiger charge is 2.34. The lowest BCUT2D eigenvalue weighted by Crippen LogP contribution is -2.31. The lowest BCUT2D eigenvalue weighted by Gasteiger charge is -2.26. The van der Waals surface area contributed by atoms with E-state index in [1.54, 1.807) is 11.9 Å². The van der Waals surface area contributed by atoms with Crippen LogP contribution < -0.4 is 4.90 Å². The quantitative estimate of drug-likeness (QED) is 0.826. The highest BCUT2D eigenvalue weighted by Crippen LogP contribution is 2.32. The summed E-state index contributed by atoms with van der Waals surface area (Å²) in [7, 11) is 1.71. The van der Waals surface area contributed by atoms with Crippen molar-refractivity contribution < 1.29 is 13.2 Å². The Hall–Kier alpha value is -1.77. The molecule has 1 aromatic rings. The first-order valence-corrected chi connectivity index (χ1v) is 6.14. The van der Waals surface area contributed by atoms with Crippen molar-refractivity contribution in [1.82, 2.24) is 4.98 Å². The summed E-state index contributed by atoms with van der Waals surface area (Å²) < 4.78 is 38.0. The number of anilines is 1. The van der Waals surface area contributed by atoms with Gasteiger partial charge >= 0.3 is 6.18 Å². The van der Waals surface area contributed by atoms with Gasteiger partial charge in [-0.1, -0.05) is 12.8 Å². The van der Waals surface area contributed by atoms with E-state index in [1.807, 2.05) is 6.07 Å². The van der Waals surface area contributed by atoms with Crippen molar-refractivity contribution in [2.45, 2.75) is 37.9 Å².